The van der Waals surface area contributed by atoms with Gasteiger partial charge in [-0.1, -0.05) is 20.3 Å². The number of aliphatic hydroxyl groups excluding tert-OH is 1. The van der Waals surface area contributed by atoms with Gasteiger partial charge in [0.25, 0.3) is 0 Å². The molecule has 1 aliphatic rings. The highest BCUT2D eigenvalue weighted by atomic mass is 16.5. The lowest BCUT2D eigenvalue weighted by Crippen LogP contribution is -2.51. The average Bonchev–Trinajstić information content (AvgIpc) is 2.28. The quantitative estimate of drug-likeness (QED) is 0.709. The Morgan fingerprint density at radius 1 is 1.53 bits per heavy atom. The Hall–Kier alpha value is -0.450. The summed E-state index contributed by atoms with van der Waals surface area (Å²) < 4.78 is 5.59. The molecule has 0 aromatic heterocycles. The molecule has 0 bridgehead atoms. The summed E-state index contributed by atoms with van der Waals surface area (Å²) >= 11 is 0. The Morgan fingerprint density at radius 2 is 2.24 bits per heavy atom. The van der Waals surface area contributed by atoms with Gasteiger partial charge in [0.05, 0.1) is 18.8 Å². The SMILES string of the molecule is CCCC(C)(C=O)CN1CC(C)OC(CO)C1. The zero-order valence-corrected chi connectivity index (χ0v) is 11.2. The lowest BCUT2D eigenvalue weighted by atomic mass is 9.86. The fraction of sp³-hybridized carbons (Fsp3) is 0.923. The summed E-state index contributed by atoms with van der Waals surface area (Å²) in [5.74, 6) is 0. The maximum Gasteiger partial charge on any atom is 0.127 e. The molecule has 3 atom stereocenters. The van der Waals surface area contributed by atoms with Crippen LogP contribution in [-0.2, 0) is 9.53 Å². The first kappa shape index (κ1) is 14.6. The molecule has 0 spiro atoms. The minimum atomic E-state index is -0.272. The van der Waals surface area contributed by atoms with Gasteiger partial charge in [-0.05, 0) is 13.3 Å². The first-order chi connectivity index (χ1) is 8.03. The predicted molar refractivity (Wildman–Crippen MR) is 66.9 cm³/mol. The van der Waals surface area contributed by atoms with Crippen LogP contribution < -0.4 is 0 Å². The predicted octanol–water partition coefficient (Wildman–Crippen LogP) is 1.07. The van der Waals surface area contributed by atoms with Crippen molar-refractivity contribution in [3.05, 3.63) is 0 Å². The second-order valence-corrected chi connectivity index (χ2v) is 5.47. The first-order valence-electron chi connectivity index (χ1n) is 6.48. The van der Waals surface area contributed by atoms with E-state index in [-0.39, 0.29) is 24.2 Å². The van der Waals surface area contributed by atoms with Crippen molar-refractivity contribution in [3.63, 3.8) is 0 Å². The molecular weight excluding hydrogens is 218 g/mol. The Kier molecular flexibility index (Phi) is 5.56. The molecule has 1 saturated heterocycles. The summed E-state index contributed by atoms with van der Waals surface area (Å²) in [4.78, 5) is 13.5. The Labute approximate surface area is 104 Å². The molecule has 0 radical (unpaired) electrons. The molecule has 0 aromatic carbocycles. The van der Waals surface area contributed by atoms with Crippen molar-refractivity contribution in [2.24, 2.45) is 5.41 Å². The van der Waals surface area contributed by atoms with Gasteiger partial charge < -0.3 is 14.6 Å². The molecule has 0 aliphatic carbocycles. The second kappa shape index (κ2) is 6.47. The van der Waals surface area contributed by atoms with Crippen LogP contribution in [0, 0.1) is 5.41 Å². The van der Waals surface area contributed by atoms with Crippen LogP contribution in [0.3, 0.4) is 0 Å². The normalized spacial score (nSPS) is 29.9. The van der Waals surface area contributed by atoms with Crippen LogP contribution in [-0.4, -0.2) is 54.7 Å². The molecule has 17 heavy (non-hydrogen) atoms. The molecule has 4 nitrogen and oxygen atoms in total. The summed E-state index contributed by atoms with van der Waals surface area (Å²) in [5.41, 5.74) is -0.272. The number of nitrogens with zero attached hydrogens (tertiary/aromatic N) is 1. The van der Waals surface area contributed by atoms with Crippen LogP contribution >= 0.6 is 0 Å². The van der Waals surface area contributed by atoms with Gasteiger partial charge in [0.2, 0.25) is 0 Å². The molecule has 0 amide bonds. The molecule has 100 valence electrons. The monoisotopic (exact) mass is 243 g/mol. The average molecular weight is 243 g/mol. The molecule has 1 heterocycles. The molecule has 1 rings (SSSR count). The minimum Gasteiger partial charge on any atom is -0.394 e. The van der Waals surface area contributed by atoms with Gasteiger partial charge in [-0.25, -0.2) is 0 Å². The van der Waals surface area contributed by atoms with E-state index in [2.05, 4.69) is 11.8 Å². The number of carbonyl (C=O) groups excluding carboxylic acids is 1. The van der Waals surface area contributed by atoms with E-state index < -0.39 is 0 Å². The lowest BCUT2D eigenvalue weighted by Gasteiger charge is -2.39. The summed E-state index contributed by atoms with van der Waals surface area (Å²) in [6.45, 7) is 8.48. The van der Waals surface area contributed by atoms with Crippen molar-refractivity contribution >= 4 is 6.29 Å². The molecule has 0 saturated carbocycles. The van der Waals surface area contributed by atoms with Crippen LogP contribution in [0.2, 0.25) is 0 Å². The van der Waals surface area contributed by atoms with E-state index in [1.165, 1.54) is 0 Å². The zero-order chi connectivity index (χ0) is 12.9. The molecule has 1 N–H and O–H groups in total. The third-order valence-corrected chi connectivity index (χ3v) is 3.30. The van der Waals surface area contributed by atoms with E-state index in [1.54, 1.807) is 0 Å². The Balaban J connectivity index is 2.56. The van der Waals surface area contributed by atoms with Gasteiger partial charge in [-0.2, -0.15) is 0 Å². The third kappa shape index (κ3) is 4.37. The van der Waals surface area contributed by atoms with Gasteiger partial charge in [0, 0.05) is 25.0 Å². The largest absolute Gasteiger partial charge is 0.394 e. The number of hydrogen-bond donors (Lipinski definition) is 1. The van der Waals surface area contributed by atoms with Crippen molar-refractivity contribution < 1.29 is 14.6 Å². The smallest absolute Gasteiger partial charge is 0.127 e. The van der Waals surface area contributed by atoms with Gasteiger partial charge in [0.15, 0.2) is 0 Å². The maximum absolute atomic E-state index is 11.2. The van der Waals surface area contributed by atoms with Crippen molar-refractivity contribution in [3.8, 4) is 0 Å². The lowest BCUT2D eigenvalue weighted by molar-refractivity contribution is -0.123. The standard InChI is InChI=1S/C13H25NO3/c1-4-5-13(3,10-16)9-14-6-11(2)17-12(7-14)8-15/h10-12,15H,4-9H2,1-3H3. The molecule has 0 aromatic rings. The number of morpholine rings is 1. The summed E-state index contributed by atoms with van der Waals surface area (Å²) in [6.07, 6.45) is 3.00. The number of aldehydes is 1. The van der Waals surface area contributed by atoms with Crippen molar-refractivity contribution in [1.82, 2.24) is 4.90 Å². The van der Waals surface area contributed by atoms with E-state index in [0.29, 0.717) is 6.54 Å². The number of rotatable bonds is 6. The Bertz CT molecular complexity index is 247. The fourth-order valence-corrected chi connectivity index (χ4v) is 2.63. The van der Waals surface area contributed by atoms with E-state index in [0.717, 1.165) is 32.2 Å². The molecule has 3 unspecified atom stereocenters. The number of carbonyl (C=O) groups is 1. The van der Waals surface area contributed by atoms with Crippen molar-refractivity contribution in [1.29, 1.82) is 0 Å². The number of ether oxygens (including phenoxy) is 1. The van der Waals surface area contributed by atoms with Gasteiger partial charge in [-0.15, -0.1) is 0 Å². The maximum atomic E-state index is 11.2. The highest BCUT2D eigenvalue weighted by molar-refractivity contribution is 5.59. The Morgan fingerprint density at radius 3 is 2.76 bits per heavy atom. The molecule has 1 fully saturated rings. The highest BCUT2D eigenvalue weighted by Crippen LogP contribution is 2.24. The molecule has 1 aliphatic heterocycles. The van der Waals surface area contributed by atoms with Crippen molar-refractivity contribution in [2.75, 3.05) is 26.2 Å². The van der Waals surface area contributed by atoms with Gasteiger partial charge in [0.1, 0.15) is 6.29 Å². The fourth-order valence-electron chi connectivity index (χ4n) is 2.63. The zero-order valence-electron chi connectivity index (χ0n) is 11.2. The second-order valence-electron chi connectivity index (χ2n) is 5.47. The minimum absolute atomic E-state index is 0.0480. The number of hydrogen-bond acceptors (Lipinski definition) is 4. The summed E-state index contributed by atoms with van der Waals surface area (Å²) in [6, 6.07) is 0. The highest BCUT2D eigenvalue weighted by Gasteiger charge is 2.31. The van der Waals surface area contributed by atoms with E-state index >= 15 is 0 Å². The number of aliphatic hydroxyl groups is 1. The van der Waals surface area contributed by atoms with Crippen molar-refractivity contribution in [2.45, 2.75) is 45.8 Å². The first-order valence-corrected chi connectivity index (χ1v) is 6.48. The summed E-state index contributed by atoms with van der Waals surface area (Å²) in [7, 11) is 0. The summed E-state index contributed by atoms with van der Waals surface area (Å²) in [5, 5.41) is 9.16. The van der Waals surface area contributed by atoms with E-state index in [9.17, 15) is 4.79 Å². The van der Waals surface area contributed by atoms with Crippen LogP contribution in [0.5, 0.6) is 0 Å². The van der Waals surface area contributed by atoms with Crippen LogP contribution in [0.1, 0.15) is 33.6 Å². The molecular formula is C13H25NO3. The third-order valence-electron chi connectivity index (χ3n) is 3.30. The van der Waals surface area contributed by atoms with E-state index in [1.807, 2.05) is 13.8 Å². The van der Waals surface area contributed by atoms with E-state index in [4.69, 9.17) is 9.84 Å². The molecule has 4 heteroatoms. The van der Waals surface area contributed by atoms with Gasteiger partial charge >= 0.3 is 0 Å². The van der Waals surface area contributed by atoms with Crippen LogP contribution in [0.4, 0.5) is 0 Å². The van der Waals surface area contributed by atoms with Crippen LogP contribution in [0.25, 0.3) is 0 Å². The van der Waals surface area contributed by atoms with Gasteiger partial charge in [-0.3, -0.25) is 4.90 Å². The van der Waals surface area contributed by atoms with Crippen LogP contribution in [0.15, 0.2) is 0 Å². The topological polar surface area (TPSA) is 49.8 Å².